The van der Waals surface area contributed by atoms with Crippen LogP contribution in [0.4, 0.5) is 9.80 Å². The lowest BCUT2D eigenvalue weighted by Crippen LogP contribution is -2.44. The maximum atomic E-state index is 11.7. The molecule has 0 saturated carbocycles. The van der Waals surface area contributed by atoms with Crippen LogP contribution >= 0.6 is 11.3 Å². The van der Waals surface area contributed by atoms with Gasteiger partial charge in [0.15, 0.2) is 0 Å². The molecule has 3 N–H and O–H groups in total. The topological polar surface area (TPSA) is 94.0 Å². The summed E-state index contributed by atoms with van der Waals surface area (Å²) in [5.74, 6) is -0.0400. The molecule has 6 nitrogen and oxygen atoms in total. The first kappa shape index (κ1) is 16.0. The number of aryl methyl sites for hydroxylation is 1. The molecule has 0 aliphatic rings. The van der Waals surface area contributed by atoms with Crippen molar-refractivity contribution in [3.8, 4) is 6.07 Å². The highest BCUT2D eigenvalue weighted by Gasteiger charge is 2.14. The van der Waals surface area contributed by atoms with Crippen LogP contribution in [-0.2, 0) is 4.79 Å². The van der Waals surface area contributed by atoms with Crippen molar-refractivity contribution in [3.05, 3.63) is 16.0 Å². The van der Waals surface area contributed by atoms with Gasteiger partial charge in [-0.2, -0.15) is 5.26 Å². The normalized spacial score (nSPS) is 10.0. The number of amides is 3. The Morgan fingerprint density at radius 1 is 1.30 bits per heavy atom. The number of nitrogens with zero attached hydrogens (tertiary/aromatic N) is 1. The summed E-state index contributed by atoms with van der Waals surface area (Å²) in [5.41, 5.74) is 5.89. The predicted octanol–water partition coefficient (Wildman–Crippen LogP) is 2.44. The van der Waals surface area contributed by atoms with Gasteiger partial charge in [-0.05, 0) is 25.3 Å². The fourth-order valence-corrected chi connectivity index (χ4v) is 2.54. The van der Waals surface area contributed by atoms with Gasteiger partial charge in [0, 0.05) is 11.3 Å². The Hall–Kier alpha value is -2.07. The fourth-order valence-electron chi connectivity index (χ4n) is 1.53. The van der Waals surface area contributed by atoms with E-state index in [1.807, 2.05) is 27.7 Å². The summed E-state index contributed by atoms with van der Waals surface area (Å²) in [5, 5.41) is 12.1. The standard InChI is InChI=1S/C13H18N4O2S/c1-7(2)5-11(18)16-17-13(19)15-12-10(6-14)8(3)9(4)20-12/h7H,5H2,1-4H3,(H,16,18)(H2,15,17,19). The van der Waals surface area contributed by atoms with Crippen LogP contribution in [0.25, 0.3) is 0 Å². The fraction of sp³-hybridized carbons (Fsp3) is 0.462. The third kappa shape index (κ3) is 4.24. The number of urea groups is 1. The molecule has 0 aromatic carbocycles. The molecule has 1 heterocycles. The number of hydrogen-bond acceptors (Lipinski definition) is 4. The molecular weight excluding hydrogens is 276 g/mol. The van der Waals surface area contributed by atoms with Crippen LogP contribution in [0.1, 0.15) is 36.3 Å². The van der Waals surface area contributed by atoms with Gasteiger partial charge in [-0.25, -0.2) is 10.2 Å². The van der Waals surface area contributed by atoms with E-state index in [4.69, 9.17) is 5.26 Å². The third-order valence-corrected chi connectivity index (χ3v) is 3.76. The van der Waals surface area contributed by atoms with Gasteiger partial charge in [0.1, 0.15) is 11.1 Å². The maximum Gasteiger partial charge on any atom is 0.338 e. The average Bonchev–Trinajstić information content (AvgIpc) is 2.61. The highest BCUT2D eigenvalue weighted by atomic mass is 32.1. The number of hydrazine groups is 1. The van der Waals surface area contributed by atoms with Crippen molar-refractivity contribution in [2.45, 2.75) is 34.1 Å². The second-order valence-corrected chi connectivity index (χ2v) is 6.05. The predicted molar refractivity (Wildman–Crippen MR) is 78.3 cm³/mol. The summed E-state index contributed by atoms with van der Waals surface area (Å²) in [4.78, 5) is 24.0. The van der Waals surface area contributed by atoms with E-state index in [-0.39, 0.29) is 11.8 Å². The lowest BCUT2D eigenvalue weighted by atomic mass is 10.1. The Labute approximate surface area is 122 Å². The van der Waals surface area contributed by atoms with E-state index < -0.39 is 6.03 Å². The minimum Gasteiger partial charge on any atom is -0.297 e. The van der Waals surface area contributed by atoms with Gasteiger partial charge in [0.05, 0.1) is 5.56 Å². The van der Waals surface area contributed by atoms with Crippen molar-refractivity contribution in [2.75, 3.05) is 5.32 Å². The van der Waals surface area contributed by atoms with E-state index in [0.29, 0.717) is 17.0 Å². The minimum absolute atomic E-state index is 0.215. The van der Waals surface area contributed by atoms with Crippen molar-refractivity contribution in [2.24, 2.45) is 5.92 Å². The zero-order chi connectivity index (χ0) is 15.3. The number of carbonyl (C=O) groups excluding carboxylic acids is 2. The van der Waals surface area contributed by atoms with E-state index >= 15 is 0 Å². The first-order valence-corrected chi connectivity index (χ1v) is 7.02. The summed E-state index contributed by atoms with van der Waals surface area (Å²) < 4.78 is 0. The molecule has 0 aliphatic carbocycles. The SMILES string of the molecule is Cc1sc(NC(=O)NNC(=O)CC(C)C)c(C#N)c1C. The van der Waals surface area contributed by atoms with Crippen LogP contribution in [-0.4, -0.2) is 11.9 Å². The first-order chi connectivity index (χ1) is 9.35. The second kappa shape index (κ2) is 6.91. The number of nitriles is 1. The molecule has 1 aromatic heterocycles. The molecule has 0 unspecified atom stereocenters. The molecule has 20 heavy (non-hydrogen) atoms. The van der Waals surface area contributed by atoms with Gasteiger partial charge in [0.25, 0.3) is 0 Å². The van der Waals surface area contributed by atoms with Crippen LogP contribution in [0.3, 0.4) is 0 Å². The summed E-state index contributed by atoms with van der Waals surface area (Å²) in [6.07, 6.45) is 0.334. The molecule has 1 rings (SSSR count). The van der Waals surface area contributed by atoms with E-state index in [2.05, 4.69) is 22.2 Å². The van der Waals surface area contributed by atoms with Crippen LogP contribution < -0.4 is 16.2 Å². The molecule has 1 aromatic rings. The largest absolute Gasteiger partial charge is 0.338 e. The van der Waals surface area contributed by atoms with Gasteiger partial charge in [-0.1, -0.05) is 13.8 Å². The lowest BCUT2D eigenvalue weighted by molar-refractivity contribution is -0.122. The van der Waals surface area contributed by atoms with Gasteiger partial charge in [0.2, 0.25) is 5.91 Å². The van der Waals surface area contributed by atoms with E-state index in [1.54, 1.807) is 0 Å². The van der Waals surface area contributed by atoms with Crippen LogP contribution in [0.5, 0.6) is 0 Å². The van der Waals surface area contributed by atoms with Crippen molar-refractivity contribution < 1.29 is 9.59 Å². The maximum absolute atomic E-state index is 11.7. The number of hydrogen-bond donors (Lipinski definition) is 3. The Morgan fingerprint density at radius 3 is 2.50 bits per heavy atom. The van der Waals surface area contributed by atoms with Crippen LogP contribution in [0.15, 0.2) is 0 Å². The summed E-state index contributed by atoms with van der Waals surface area (Å²) >= 11 is 1.33. The van der Waals surface area contributed by atoms with Crippen molar-refractivity contribution in [1.29, 1.82) is 5.26 Å². The number of anilines is 1. The molecule has 0 saturated heterocycles. The second-order valence-electron chi connectivity index (χ2n) is 4.82. The zero-order valence-corrected chi connectivity index (χ0v) is 12.8. The molecule has 0 spiro atoms. The number of thiophene rings is 1. The summed E-state index contributed by atoms with van der Waals surface area (Å²) in [6.45, 7) is 7.54. The van der Waals surface area contributed by atoms with Gasteiger partial charge >= 0.3 is 6.03 Å². The highest BCUT2D eigenvalue weighted by molar-refractivity contribution is 7.16. The lowest BCUT2D eigenvalue weighted by Gasteiger charge is -2.09. The third-order valence-electron chi connectivity index (χ3n) is 2.63. The number of rotatable bonds is 3. The smallest absolute Gasteiger partial charge is 0.297 e. The Morgan fingerprint density at radius 2 is 1.95 bits per heavy atom. The Balaban J connectivity index is 2.58. The molecule has 7 heteroatoms. The van der Waals surface area contributed by atoms with Crippen molar-refractivity contribution >= 4 is 28.3 Å². The van der Waals surface area contributed by atoms with Gasteiger partial charge < -0.3 is 0 Å². The van der Waals surface area contributed by atoms with Gasteiger partial charge in [-0.15, -0.1) is 11.3 Å². The molecule has 0 radical (unpaired) electrons. The van der Waals surface area contributed by atoms with E-state index in [0.717, 1.165) is 10.4 Å². The van der Waals surface area contributed by atoms with E-state index in [1.165, 1.54) is 11.3 Å². The molecule has 108 valence electrons. The monoisotopic (exact) mass is 294 g/mol. The Bertz CT molecular complexity index is 557. The highest BCUT2D eigenvalue weighted by Crippen LogP contribution is 2.31. The molecule has 0 fully saturated rings. The molecule has 3 amide bonds. The van der Waals surface area contributed by atoms with Crippen LogP contribution in [0.2, 0.25) is 0 Å². The average molecular weight is 294 g/mol. The number of nitrogens with one attached hydrogen (secondary N) is 3. The molecular formula is C13H18N4O2S. The van der Waals surface area contributed by atoms with Crippen molar-refractivity contribution in [3.63, 3.8) is 0 Å². The molecule has 0 bridgehead atoms. The summed E-state index contributed by atoms with van der Waals surface area (Å²) in [6, 6.07) is 1.49. The Kier molecular flexibility index (Phi) is 5.53. The van der Waals surface area contributed by atoms with Gasteiger partial charge in [-0.3, -0.25) is 15.5 Å². The van der Waals surface area contributed by atoms with E-state index in [9.17, 15) is 9.59 Å². The first-order valence-electron chi connectivity index (χ1n) is 6.21. The number of carbonyl (C=O) groups is 2. The van der Waals surface area contributed by atoms with Crippen LogP contribution in [0, 0.1) is 31.1 Å². The zero-order valence-electron chi connectivity index (χ0n) is 12.0. The minimum atomic E-state index is -0.570. The molecule has 0 atom stereocenters. The summed E-state index contributed by atoms with van der Waals surface area (Å²) in [7, 11) is 0. The van der Waals surface area contributed by atoms with Crippen molar-refractivity contribution in [1.82, 2.24) is 10.9 Å². The quantitative estimate of drug-likeness (QED) is 0.747. The molecule has 0 aliphatic heterocycles.